The fourth-order valence-electron chi connectivity index (χ4n) is 18.1. The molecule has 0 aliphatic carbocycles. The highest BCUT2D eigenvalue weighted by molar-refractivity contribution is 7.00. The molecule has 0 radical (unpaired) electrons. The molecule has 0 N–H and O–H groups in total. The number of anilines is 6. The molecule has 0 atom stereocenters. The van der Waals surface area contributed by atoms with Gasteiger partial charge in [-0.2, -0.15) is 0 Å². The minimum Gasteiger partial charge on any atom is -0.311 e. The van der Waals surface area contributed by atoms with Crippen LogP contribution in [0.15, 0.2) is 261 Å². The Balaban J connectivity index is 1.00. The molecule has 2 aliphatic rings. The zero-order chi connectivity index (χ0) is 78.6. The van der Waals surface area contributed by atoms with Crippen LogP contribution >= 0.6 is 0 Å². The fraction of sp³-hybridized carbons (Fsp3) is 0.264. The van der Waals surface area contributed by atoms with Gasteiger partial charge in [0.05, 0.1) is 44.5 Å². The lowest BCUT2D eigenvalue weighted by molar-refractivity contribution is 0.568. The molecule has 13 aromatic carbocycles. The maximum absolute atomic E-state index is 2.74. The Hall–Kier alpha value is -11.1. The smallest absolute Gasteiger partial charge is 0.252 e. The number of hydrogen-bond acceptors (Lipinski definition) is 2. The van der Waals surface area contributed by atoms with Crippen LogP contribution in [0.4, 0.5) is 34.1 Å². The summed E-state index contributed by atoms with van der Waals surface area (Å²) in [6.07, 6.45) is 0. The molecule has 0 unspecified atom stereocenters. The van der Waals surface area contributed by atoms with E-state index in [1.807, 2.05) is 0 Å². The highest BCUT2D eigenvalue weighted by Crippen LogP contribution is 2.54. The summed E-state index contributed by atoms with van der Waals surface area (Å²) in [6, 6.07) is 102. The summed E-state index contributed by atoms with van der Waals surface area (Å²) in [5.74, 6) is 0. The molecule has 0 bridgehead atoms. The molecule has 0 saturated carbocycles. The van der Waals surface area contributed by atoms with Gasteiger partial charge >= 0.3 is 0 Å². The monoisotopic (exact) mass is 1460 g/mol. The summed E-state index contributed by atoms with van der Waals surface area (Å²) in [4.78, 5) is 5.48. The molecule has 5 nitrogen and oxygen atoms in total. The van der Waals surface area contributed by atoms with Crippen LogP contribution in [-0.4, -0.2) is 20.4 Å². The highest BCUT2D eigenvalue weighted by atomic mass is 15.2. The molecule has 0 spiro atoms. The van der Waals surface area contributed by atoms with Gasteiger partial charge in [0, 0.05) is 83.3 Å². The summed E-state index contributed by atoms with van der Waals surface area (Å²) < 4.78 is 7.56. The molecule has 6 heteroatoms. The van der Waals surface area contributed by atoms with Crippen LogP contribution in [0, 0.1) is 0 Å². The number of aromatic nitrogens is 3. The van der Waals surface area contributed by atoms with Gasteiger partial charge in [-0.1, -0.05) is 297 Å². The first-order valence-electron chi connectivity index (χ1n) is 40.7. The molecule has 5 heterocycles. The summed E-state index contributed by atoms with van der Waals surface area (Å²) in [6.45, 7) is 49.8. The Bertz CT molecular complexity index is 6440. The molecule has 0 saturated heterocycles. The molecule has 0 fully saturated rings. The van der Waals surface area contributed by atoms with Gasteiger partial charge in [0.25, 0.3) is 6.71 Å². The van der Waals surface area contributed by atoms with E-state index in [0.717, 1.165) is 50.8 Å². The molecule has 18 rings (SSSR count). The lowest BCUT2D eigenvalue weighted by Gasteiger charge is -2.46. The molecule has 558 valence electrons. The predicted octanol–water partition coefficient (Wildman–Crippen LogP) is 27.5. The number of nitrogens with zero attached hydrogens (tertiary/aromatic N) is 5. The number of benzene rings is 13. The normalized spacial score (nSPS) is 13.7. The van der Waals surface area contributed by atoms with E-state index in [0.29, 0.717) is 0 Å². The lowest BCUT2D eigenvalue weighted by Crippen LogP contribution is -2.61. The van der Waals surface area contributed by atoms with E-state index in [1.165, 1.54) is 143 Å². The summed E-state index contributed by atoms with van der Waals surface area (Å²) in [7, 11) is 0. The van der Waals surface area contributed by atoms with Crippen LogP contribution < -0.4 is 26.2 Å². The molecule has 112 heavy (non-hydrogen) atoms. The summed E-state index contributed by atoms with van der Waals surface area (Å²) in [5.41, 5.74) is 34.0. The zero-order valence-electron chi connectivity index (χ0n) is 69.6. The van der Waals surface area contributed by atoms with Crippen molar-refractivity contribution >= 4 is 123 Å². The van der Waals surface area contributed by atoms with Crippen molar-refractivity contribution < 1.29 is 0 Å². The molecule has 0 amide bonds. The van der Waals surface area contributed by atoms with Gasteiger partial charge in [-0.05, 0) is 214 Å². The fourth-order valence-corrected chi connectivity index (χ4v) is 18.1. The van der Waals surface area contributed by atoms with Gasteiger partial charge in [0.15, 0.2) is 0 Å². The molecule has 16 aromatic rings. The lowest BCUT2D eigenvalue weighted by atomic mass is 9.33. The first-order valence-corrected chi connectivity index (χ1v) is 40.7. The van der Waals surface area contributed by atoms with E-state index < -0.39 is 0 Å². The van der Waals surface area contributed by atoms with E-state index in [1.54, 1.807) is 0 Å². The SMILES string of the molecule is CC(C)(C)c1cc(-c2cc(C(C)(C)C)ccc2N2c3cc(-n4c5ccccc5c5ccccc54)ccc3B3c4ccc(-n5c6ccccc6c6cc7c8ccccc8n(-c8ccccc8)c7cc65)cc4N(c4ccc(C(C)(C)C)cc4-c4cc(C(C)(C)C)cc(C(C)(C)C)c4)c4cc(C(C)(C)C)cc2c43)cc(C(C)(C)C)c1. The average Bonchev–Trinajstić information content (AvgIpc) is 0.984. The Kier molecular flexibility index (Phi) is 16.3. The van der Waals surface area contributed by atoms with Crippen LogP contribution in [0.1, 0.15) is 184 Å². The average molecular weight is 1460 g/mol. The largest absolute Gasteiger partial charge is 0.311 e. The van der Waals surface area contributed by atoms with Gasteiger partial charge in [0.2, 0.25) is 0 Å². The maximum atomic E-state index is 2.74. The maximum Gasteiger partial charge on any atom is 0.252 e. The third-order valence-electron chi connectivity index (χ3n) is 24.6. The molecule has 2 aliphatic heterocycles. The topological polar surface area (TPSA) is 21.3 Å². The Morgan fingerprint density at radius 1 is 0.205 bits per heavy atom. The van der Waals surface area contributed by atoms with Crippen molar-refractivity contribution in [2.45, 2.75) is 183 Å². The van der Waals surface area contributed by atoms with Crippen molar-refractivity contribution in [2.24, 2.45) is 0 Å². The second-order valence-corrected chi connectivity index (χ2v) is 39.6. The molecular weight excluding hydrogens is 1350 g/mol. The van der Waals surface area contributed by atoms with Crippen LogP contribution in [0.5, 0.6) is 0 Å². The van der Waals surface area contributed by atoms with Gasteiger partial charge in [-0.15, -0.1) is 0 Å². The van der Waals surface area contributed by atoms with Crippen molar-refractivity contribution in [2.75, 3.05) is 9.80 Å². The first-order chi connectivity index (χ1) is 53.0. The minimum absolute atomic E-state index is 0.124. The van der Waals surface area contributed by atoms with E-state index >= 15 is 0 Å². The number of fused-ring (bicyclic) bond motifs is 13. The third kappa shape index (κ3) is 11.9. The van der Waals surface area contributed by atoms with Crippen molar-refractivity contribution in [1.29, 1.82) is 0 Å². The number of rotatable bonds is 7. The Morgan fingerprint density at radius 3 is 0.875 bits per heavy atom. The van der Waals surface area contributed by atoms with Crippen LogP contribution in [0.2, 0.25) is 0 Å². The first kappa shape index (κ1) is 72.5. The van der Waals surface area contributed by atoms with Crippen molar-refractivity contribution in [3.05, 3.63) is 300 Å². The Morgan fingerprint density at radius 2 is 0.518 bits per heavy atom. The van der Waals surface area contributed by atoms with Gasteiger partial charge in [0.1, 0.15) is 0 Å². The summed E-state index contributed by atoms with van der Waals surface area (Å²) in [5, 5.41) is 7.40. The van der Waals surface area contributed by atoms with Crippen LogP contribution in [0.25, 0.3) is 105 Å². The highest BCUT2D eigenvalue weighted by Gasteiger charge is 2.46. The Labute approximate surface area is 664 Å². The zero-order valence-corrected chi connectivity index (χ0v) is 69.6. The van der Waals surface area contributed by atoms with E-state index in [4.69, 9.17) is 0 Å². The van der Waals surface area contributed by atoms with E-state index in [-0.39, 0.29) is 44.6 Å². The molecule has 3 aromatic heterocycles. The van der Waals surface area contributed by atoms with Crippen molar-refractivity contribution in [3.63, 3.8) is 0 Å². The minimum atomic E-state index is -0.314. The van der Waals surface area contributed by atoms with Gasteiger partial charge in [-0.3, -0.25) is 0 Å². The van der Waals surface area contributed by atoms with Crippen molar-refractivity contribution in [3.8, 4) is 39.3 Å². The van der Waals surface area contributed by atoms with Crippen molar-refractivity contribution in [1.82, 2.24) is 13.7 Å². The molecular formula is C106H106BN5. The standard InChI is InChI=1S/C106H106BN5/c1-100(2,3)67-43-49-91(81(57-67)65-51-69(102(7,8)9)55-70(52-65)103(10,11)12)111-95-61-75(109-87-39-29-25-35-77(87)78-36-26-30-40-88(78)109)45-47-85(95)107-86-48-46-76(110-90-42-32-28-38-80(90)84-63-83-79-37-27-31-41-89(79)108(93(83)64-94(84)110)74-33-23-22-24-34-74)62-96(86)112(98-60-73(106(19,20)21)59-97(111)99(98)107)92-50-44-68(101(4,5)6)58-82(92)66-53-71(104(13,14)15)56-72(54-66)105(16,17)18/h22-64H,1-21H3. The second kappa shape index (κ2) is 25.2. The van der Waals surface area contributed by atoms with Gasteiger partial charge < -0.3 is 23.5 Å². The van der Waals surface area contributed by atoms with E-state index in [2.05, 4.69) is 430 Å². The van der Waals surface area contributed by atoms with Crippen LogP contribution in [-0.2, 0) is 37.9 Å². The number of para-hydroxylation sites is 5. The third-order valence-corrected chi connectivity index (χ3v) is 24.6. The quantitative estimate of drug-likeness (QED) is 0.148. The number of hydrogen-bond donors (Lipinski definition) is 0. The summed E-state index contributed by atoms with van der Waals surface area (Å²) >= 11 is 0. The van der Waals surface area contributed by atoms with E-state index in [9.17, 15) is 0 Å². The predicted molar refractivity (Wildman–Crippen MR) is 485 cm³/mol. The van der Waals surface area contributed by atoms with Gasteiger partial charge in [-0.25, -0.2) is 0 Å². The second-order valence-electron chi connectivity index (χ2n) is 39.6. The van der Waals surface area contributed by atoms with Crippen LogP contribution in [0.3, 0.4) is 0 Å².